The number of hydrogen-bond acceptors (Lipinski definition) is 5. The molecular formula is C12H15F2N3O4. The first kappa shape index (κ1) is 16.8. The van der Waals surface area contributed by atoms with Crippen molar-refractivity contribution in [2.75, 3.05) is 13.2 Å². The van der Waals surface area contributed by atoms with Crippen molar-refractivity contribution in [3.63, 3.8) is 0 Å². The van der Waals surface area contributed by atoms with Crippen molar-refractivity contribution in [1.82, 2.24) is 5.32 Å². The number of hydrogen-bond donors (Lipinski definition) is 2. The Morgan fingerprint density at radius 3 is 2.57 bits per heavy atom. The van der Waals surface area contributed by atoms with E-state index in [4.69, 9.17) is 10.5 Å². The molecule has 1 atom stereocenters. The van der Waals surface area contributed by atoms with Gasteiger partial charge in [0.2, 0.25) is 11.7 Å². The average molecular weight is 303 g/mol. The van der Waals surface area contributed by atoms with E-state index in [2.05, 4.69) is 5.32 Å². The predicted molar refractivity (Wildman–Crippen MR) is 69.8 cm³/mol. The van der Waals surface area contributed by atoms with Crippen LogP contribution in [0.5, 0.6) is 5.75 Å². The Morgan fingerprint density at radius 2 is 2.10 bits per heavy atom. The largest absolute Gasteiger partial charge is 0.488 e. The molecule has 0 aliphatic rings. The van der Waals surface area contributed by atoms with Crippen LogP contribution in [-0.2, 0) is 4.79 Å². The van der Waals surface area contributed by atoms with E-state index < -0.39 is 39.4 Å². The van der Waals surface area contributed by atoms with E-state index in [1.807, 2.05) is 0 Å². The van der Waals surface area contributed by atoms with Gasteiger partial charge in [0.05, 0.1) is 11.0 Å². The van der Waals surface area contributed by atoms with Crippen LogP contribution < -0.4 is 15.8 Å². The minimum Gasteiger partial charge on any atom is -0.488 e. The van der Waals surface area contributed by atoms with Gasteiger partial charge in [0, 0.05) is 6.07 Å². The summed E-state index contributed by atoms with van der Waals surface area (Å²) in [5, 5.41) is 13.2. The summed E-state index contributed by atoms with van der Waals surface area (Å²) in [5.41, 5.74) is 2.94. The molecule has 0 saturated carbocycles. The summed E-state index contributed by atoms with van der Waals surface area (Å²) < 4.78 is 32.1. The van der Waals surface area contributed by atoms with Crippen molar-refractivity contribution < 1.29 is 23.2 Å². The lowest BCUT2D eigenvalue weighted by atomic mass is 10.0. The number of nitrogens with two attached hydrogens (primary N) is 1. The minimum absolute atomic E-state index is 0.357. The summed E-state index contributed by atoms with van der Waals surface area (Å²) >= 11 is 0. The lowest BCUT2D eigenvalue weighted by molar-refractivity contribution is -0.387. The molecule has 7 nitrogen and oxygen atoms in total. The molecule has 1 amide bonds. The molecule has 9 heteroatoms. The number of nitrogens with zero attached hydrogens (tertiary/aromatic N) is 1. The number of likely N-dealkylation sites (N-methyl/N-ethyl adjacent to an activating group) is 1. The Balaban J connectivity index is 2.96. The molecule has 1 aromatic rings. The first-order valence-electron chi connectivity index (χ1n) is 6.02. The second-order valence-electron chi connectivity index (χ2n) is 4.51. The highest BCUT2D eigenvalue weighted by molar-refractivity contribution is 5.84. The molecule has 0 bridgehead atoms. The van der Waals surface area contributed by atoms with Gasteiger partial charge in [-0.25, -0.2) is 4.39 Å². The Bertz CT molecular complexity index is 568. The third-order valence-corrected chi connectivity index (χ3v) is 2.83. The second kappa shape index (κ2) is 6.44. The van der Waals surface area contributed by atoms with Crippen LogP contribution in [0.1, 0.15) is 13.8 Å². The van der Waals surface area contributed by atoms with Crippen LogP contribution in [0, 0.1) is 21.7 Å². The van der Waals surface area contributed by atoms with Gasteiger partial charge in [-0.05, 0) is 13.5 Å². The molecule has 0 aliphatic carbocycles. The number of rotatable bonds is 7. The smallest absolute Gasteiger partial charge is 0.307 e. The van der Waals surface area contributed by atoms with Crippen LogP contribution in [0.25, 0.3) is 0 Å². The van der Waals surface area contributed by atoms with Crippen molar-refractivity contribution in [3.05, 3.63) is 33.9 Å². The zero-order chi connectivity index (χ0) is 16.2. The van der Waals surface area contributed by atoms with Crippen molar-refractivity contribution in [1.29, 1.82) is 0 Å². The van der Waals surface area contributed by atoms with Gasteiger partial charge in [-0.2, -0.15) is 4.39 Å². The molecule has 1 aromatic carbocycles. The highest BCUT2D eigenvalue weighted by Crippen LogP contribution is 2.26. The second-order valence-corrected chi connectivity index (χ2v) is 4.51. The fraction of sp³-hybridized carbons (Fsp3) is 0.417. The van der Waals surface area contributed by atoms with Crippen molar-refractivity contribution in [3.8, 4) is 5.75 Å². The van der Waals surface area contributed by atoms with Crippen LogP contribution in [-0.4, -0.2) is 29.5 Å². The van der Waals surface area contributed by atoms with Gasteiger partial charge >= 0.3 is 5.69 Å². The Labute approximate surface area is 119 Å². The quantitative estimate of drug-likeness (QED) is 0.579. The van der Waals surface area contributed by atoms with Gasteiger partial charge in [-0.15, -0.1) is 0 Å². The maximum Gasteiger partial charge on any atom is 0.307 e. The summed E-state index contributed by atoms with van der Waals surface area (Å²) in [4.78, 5) is 20.8. The molecule has 1 rings (SSSR count). The van der Waals surface area contributed by atoms with Gasteiger partial charge in [-0.1, -0.05) is 6.92 Å². The van der Waals surface area contributed by atoms with E-state index in [1.165, 1.54) is 6.92 Å². The summed E-state index contributed by atoms with van der Waals surface area (Å²) in [5.74, 6) is -3.61. The molecule has 0 saturated heterocycles. The molecule has 116 valence electrons. The molecule has 1 unspecified atom stereocenters. The molecular weight excluding hydrogens is 288 g/mol. The minimum atomic E-state index is -1.28. The number of carbonyl (C=O) groups excluding carboxylic acids is 1. The molecule has 0 heterocycles. The van der Waals surface area contributed by atoms with Gasteiger partial charge < -0.3 is 15.8 Å². The number of nitro benzene ring substituents is 1. The summed E-state index contributed by atoms with van der Waals surface area (Å²) in [6.45, 7) is 3.22. The van der Waals surface area contributed by atoms with E-state index in [0.29, 0.717) is 18.7 Å². The fourth-order valence-corrected chi connectivity index (χ4v) is 1.59. The highest BCUT2D eigenvalue weighted by Gasteiger charge is 2.31. The molecule has 0 spiro atoms. The van der Waals surface area contributed by atoms with Crippen LogP contribution in [0.15, 0.2) is 12.1 Å². The normalized spacial score (nSPS) is 13.5. The maximum atomic E-state index is 13.6. The molecule has 21 heavy (non-hydrogen) atoms. The SMILES string of the molecule is CCNC(C)(COc1cc(F)c([N+](=O)[O-])cc1F)C(N)=O. The zero-order valence-corrected chi connectivity index (χ0v) is 11.5. The van der Waals surface area contributed by atoms with Gasteiger partial charge in [0.25, 0.3) is 0 Å². The number of carbonyl (C=O) groups is 1. The van der Waals surface area contributed by atoms with E-state index in [-0.39, 0.29) is 6.61 Å². The number of halogens is 2. The Hall–Kier alpha value is -2.29. The van der Waals surface area contributed by atoms with E-state index in [0.717, 1.165) is 0 Å². The lowest BCUT2D eigenvalue weighted by Crippen LogP contribution is -2.57. The number of amides is 1. The molecule has 3 N–H and O–H groups in total. The molecule has 0 radical (unpaired) electrons. The predicted octanol–water partition coefficient (Wildman–Crippen LogP) is 1.11. The van der Waals surface area contributed by atoms with E-state index in [1.54, 1.807) is 6.92 Å². The standard InChI is InChI=1S/C12H15F2N3O4/c1-3-16-12(2,11(15)18)6-21-10-5-7(13)9(17(19)20)4-8(10)14/h4-5,16H,3,6H2,1-2H3,(H2,15,18). The third kappa shape index (κ3) is 3.85. The first-order chi connectivity index (χ1) is 9.71. The molecule has 0 aliphatic heterocycles. The number of ether oxygens (including phenoxy) is 1. The maximum absolute atomic E-state index is 13.6. The van der Waals surface area contributed by atoms with Crippen molar-refractivity contribution in [2.45, 2.75) is 19.4 Å². The Kier molecular flexibility index (Phi) is 5.14. The fourth-order valence-electron chi connectivity index (χ4n) is 1.59. The number of nitrogens with one attached hydrogen (secondary N) is 1. The van der Waals surface area contributed by atoms with E-state index in [9.17, 15) is 23.7 Å². The average Bonchev–Trinajstić information content (AvgIpc) is 2.39. The monoisotopic (exact) mass is 303 g/mol. The molecule has 0 aromatic heterocycles. The Morgan fingerprint density at radius 1 is 1.48 bits per heavy atom. The van der Waals surface area contributed by atoms with Crippen LogP contribution >= 0.6 is 0 Å². The lowest BCUT2D eigenvalue weighted by Gasteiger charge is -2.26. The zero-order valence-electron chi connectivity index (χ0n) is 11.5. The third-order valence-electron chi connectivity index (χ3n) is 2.83. The van der Waals surface area contributed by atoms with E-state index >= 15 is 0 Å². The van der Waals surface area contributed by atoms with Crippen molar-refractivity contribution >= 4 is 11.6 Å². The summed E-state index contributed by atoms with van der Waals surface area (Å²) in [6.07, 6.45) is 0. The van der Waals surface area contributed by atoms with Crippen LogP contribution in [0.3, 0.4) is 0 Å². The summed E-state index contributed by atoms with van der Waals surface area (Å²) in [6, 6.07) is 0.973. The number of nitro groups is 1. The summed E-state index contributed by atoms with van der Waals surface area (Å²) in [7, 11) is 0. The number of primary amides is 1. The van der Waals surface area contributed by atoms with Gasteiger partial charge in [-0.3, -0.25) is 14.9 Å². The van der Waals surface area contributed by atoms with Gasteiger partial charge in [0.1, 0.15) is 12.1 Å². The highest BCUT2D eigenvalue weighted by atomic mass is 19.1. The van der Waals surface area contributed by atoms with Gasteiger partial charge in [0.15, 0.2) is 11.6 Å². The van der Waals surface area contributed by atoms with Crippen molar-refractivity contribution in [2.24, 2.45) is 5.73 Å². The van der Waals surface area contributed by atoms with Crippen LogP contribution in [0.4, 0.5) is 14.5 Å². The molecule has 0 fully saturated rings. The number of benzene rings is 1. The topological polar surface area (TPSA) is 107 Å². The first-order valence-corrected chi connectivity index (χ1v) is 6.02. The van der Waals surface area contributed by atoms with Crippen LogP contribution in [0.2, 0.25) is 0 Å².